The van der Waals surface area contributed by atoms with Crippen LogP contribution in [0.2, 0.25) is 0 Å². The number of benzene rings is 2. The molecule has 0 aliphatic rings. The second kappa shape index (κ2) is 6.83. The fourth-order valence-electron chi connectivity index (χ4n) is 2.25. The van der Waals surface area contributed by atoms with Crippen molar-refractivity contribution in [1.29, 1.82) is 0 Å². The minimum absolute atomic E-state index is 0.208. The topological polar surface area (TPSA) is 26.0 Å². The lowest BCUT2D eigenvalue weighted by molar-refractivity contribution is 0.530. The summed E-state index contributed by atoms with van der Waals surface area (Å²) in [7, 11) is 0. The van der Waals surface area contributed by atoms with E-state index in [0.717, 1.165) is 22.9 Å². The normalized spacial score (nSPS) is 12.4. The lowest BCUT2D eigenvalue weighted by Gasteiger charge is -2.15. The van der Waals surface area contributed by atoms with E-state index in [1.54, 1.807) is 6.07 Å². The fraction of sp³-hybridized carbons (Fsp3) is 0.250. The maximum Gasteiger partial charge on any atom is 0.124 e. The van der Waals surface area contributed by atoms with Crippen LogP contribution in [0.5, 0.6) is 0 Å². The monoisotopic (exact) mass is 321 g/mol. The molecule has 0 saturated carbocycles. The van der Waals surface area contributed by atoms with Gasteiger partial charge in [-0.15, -0.1) is 0 Å². The Morgan fingerprint density at radius 1 is 1.00 bits per heavy atom. The third-order valence-corrected chi connectivity index (χ3v) is 3.61. The zero-order valence-electron chi connectivity index (χ0n) is 10.7. The molecule has 0 aliphatic carbocycles. The minimum Gasteiger partial charge on any atom is -0.330 e. The summed E-state index contributed by atoms with van der Waals surface area (Å²) >= 11 is 3.32. The first kappa shape index (κ1) is 14.2. The summed E-state index contributed by atoms with van der Waals surface area (Å²) in [6.45, 7) is 0.600. The Balaban J connectivity index is 2.06. The third-order valence-electron chi connectivity index (χ3n) is 3.15. The summed E-state index contributed by atoms with van der Waals surface area (Å²) in [6.07, 6.45) is 1.72. The molecular weight excluding hydrogens is 305 g/mol. The van der Waals surface area contributed by atoms with Crippen LogP contribution in [0, 0.1) is 11.7 Å². The number of hydrogen-bond acceptors (Lipinski definition) is 1. The molecule has 0 fully saturated rings. The molecule has 2 N–H and O–H groups in total. The Morgan fingerprint density at radius 2 is 1.68 bits per heavy atom. The molecule has 1 unspecified atom stereocenters. The van der Waals surface area contributed by atoms with E-state index >= 15 is 0 Å². The SMILES string of the molecule is NCC(Cc1ccccc1)Cc1cc(F)cc(Br)c1. The maximum atomic E-state index is 13.3. The standard InChI is InChI=1S/C16H17BrFN/c17-15-8-13(9-16(18)10-15)7-14(11-19)6-12-4-2-1-3-5-12/h1-5,8-10,14H,6-7,11,19H2. The van der Waals surface area contributed by atoms with Gasteiger partial charge in [-0.1, -0.05) is 46.3 Å². The Bertz CT molecular complexity index is 507. The van der Waals surface area contributed by atoms with Crippen LogP contribution in [0.3, 0.4) is 0 Å². The lowest BCUT2D eigenvalue weighted by atomic mass is 9.93. The van der Waals surface area contributed by atoms with E-state index in [1.807, 2.05) is 24.3 Å². The van der Waals surface area contributed by atoms with E-state index in [4.69, 9.17) is 5.73 Å². The number of nitrogens with two attached hydrogens (primary N) is 1. The summed E-state index contributed by atoms with van der Waals surface area (Å²) in [6, 6.07) is 15.3. The van der Waals surface area contributed by atoms with Gasteiger partial charge in [0.2, 0.25) is 0 Å². The maximum absolute atomic E-state index is 13.3. The predicted molar refractivity (Wildman–Crippen MR) is 80.5 cm³/mol. The van der Waals surface area contributed by atoms with E-state index in [9.17, 15) is 4.39 Å². The Kier molecular flexibility index (Phi) is 5.11. The van der Waals surface area contributed by atoms with E-state index < -0.39 is 0 Å². The van der Waals surface area contributed by atoms with Crippen molar-refractivity contribution in [2.24, 2.45) is 11.7 Å². The number of rotatable bonds is 5. The zero-order valence-corrected chi connectivity index (χ0v) is 12.2. The van der Waals surface area contributed by atoms with Gasteiger partial charge in [0.25, 0.3) is 0 Å². The van der Waals surface area contributed by atoms with Gasteiger partial charge in [-0.25, -0.2) is 4.39 Å². The van der Waals surface area contributed by atoms with Crippen molar-refractivity contribution >= 4 is 15.9 Å². The van der Waals surface area contributed by atoms with Crippen LogP contribution in [0.15, 0.2) is 53.0 Å². The molecule has 1 atom stereocenters. The van der Waals surface area contributed by atoms with Gasteiger partial charge in [0, 0.05) is 4.47 Å². The summed E-state index contributed by atoms with van der Waals surface area (Å²) in [4.78, 5) is 0. The van der Waals surface area contributed by atoms with Crippen molar-refractivity contribution in [3.05, 3.63) is 69.9 Å². The van der Waals surface area contributed by atoms with Gasteiger partial charge in [-0.05, 0) is 54.6 Å². The highest BCUT2D eigenvalue weighted by molar-refractivity contribution is 9.10. The molecule has 0 radical (unpaired) electrons. The highest BCUT2D eigenvalue weighted by Gasteiger charge is 2.10. The summed E-state index contributed by atoms with van der Waals surface area (Å²) in [5.41, 5.74) is 8.10. The van der Waals surface area contributed by atoms with Crippen molar-refractivity contribution < 1.29 is 4.39 Å². The van der Waals surface area contributed by atoms with Gasteiger partial charge in [0.15, 0.2) is 0 Å². The van der Waals surface area contributed by atoms with Crippen molar-refractivity contribution in [3.63, 3.8) is 0 Å². The van der Waals surface area contributed by atoms with Crippen LogP contribution in [0.1, 0.15) is 11.1 Å². The summed E-state index contributed by atoms with van der Waals surface area (Å²) < 4.78 is 14.1. The van der Waals surface area contributed by atoms with Crippen LogP contribution in [0.25, 0.3) is 0 Å². The molecule has 0 saturated heterocycles. The molecular formula is C16H17BrFN. The highest BCUT2D eigenvalue weighted by atomic mass is 79.9. The Hall–Kier alpha value is -1.19. The van der Waals surface area contributed by atoms with Crippen LogP contribution < -0.4 is 5.73 Å². The van der Waals surface area contributed by atoms with Crippen molar-refractivity contribution in [2.45, 2.75) is 12.8 Å². The molecule has 0 aliphatic heterocycles. The molecule has 0 aromatic heterocycles. The van der Waals surface area contributed by atoms with Crippen molar-refractivity contribution in [3.8, 4) is 0 Å². The first-order valence-electron chi connectivity index (χ1n) is 6.36. The third kappa shape index (κ3) is 4.44. The molecule has 0 heterocycles. The molecule has 0 spiro atoms. The molecule has 2 aromatic rings. The Labute approximate surface area is 121 Å². The Morgan fingerprint density at radius 3 is 2.32 bits per heavy atom. The molecule has 0 bridgehead atoms. The zero-order chi connectivity index (χ0) is 13.7. The molecule has 0 amide bonds. The fourth-order valence-corrected chi connectivity index (χ4v) is 2.76. The quantitative estimate of drug-likeness (QED) is 0.886. The first-order valence-corrected chi connectivity index (χ1v) is 7.15. The van der Waals surface area contributed by atoms with Crippen LogP contribution in [0.4, 0.5) is 4.39 Å². The lowest BCUT2D eigenvalue weighted by Crippen LogP contribution is -2.19. The van der Waals surface area contributed by atoms with Gasteiger partial charge < -0.3 is 5.73 Å². The highest BCUT2D eigenvalue weighted by Crippen LogP contribution is 2.19. The molecule has 100 valence electrons. The molecule has 19 heavy (non-hydrogen) atoms. The summed E-state index contributed by atoms with van der Waals surface area (Å²) in [5, 5.41) is 0. The molecule has 3 heteroatoms. The second-order valence-electron chi connectivity index (χ2n) is 4.77. The van der Waals surface area contributed by atoms with Gasteiger partial charge in [-0.2, -0.15) is 0 Å². The van der Waals surface area contributed by atoms with Crippen LogP contribution in [-0.2, 0) is 12.8 Å². The minimum atomic E-state index is -0.208. The van der Waals surface area contributed by atoms with Crippen molar-refractivity contribution in [2.75, 3.05) is 6.54 Å². The average Bonchev–Trinajstić information content (AvgIpc) is 2.38. The van der Waals surface area contributed by atoms with Crippen molar-refractivity contribution in [1.82, 2.24) is 0 Å². The number of hydrogen-bond donors (Lipinski definition) is 1. The van der Waals surface area contributed by atoms with Gasteiger partial charge in [-0.3, -0.25) is 0 Å². The van der Waals surface area contributed by atoms with Crippen LogP contribution in [-0.4, -0.2) is 6.54 Å². The smallest absolute Gasteiger partial charge is 0.124 e. The summed E-state index contributed by atoms with van der Waals surface area (Å²) in [5.74, 6) is 0.121. The van der Waals surface area contributed by atoms with E-state index in [0.29, 0.717) is 12.5 Å². The van der Waals surface area contributed by atoms with E-state index in [-0.39, 0.29) is 5.82 Å². The van der Waals surface area contributed by atoms with E-state index in [2.05, 4.69) is 28.1 Å². The largest absolute Gasteiger partial charge is 0.330 e. The van der Waals surface area contributed by atoms with Crippen LogP contribution >= 0.6 is 15.9 Å². The molecule has 2 aromatic carbocycles. The average molecular weight is 322 g/mol. The molecule has 2 rings (SSSR count). The van der Waals surface area contributed by atoms with Gasteiger partial charge >= 0.3 is 0 Å². The predicted octanol–water partition coefficient (Wildman–Crippen LogP) is 3.95. The van der Waals surface area contributed by atoms with Gasteiger partial charge in [0.1, 0.15) is 5.82 Å². The number of halogens is 2. The molecule has 1 nitrogen and oxygen atoms in total. The second-order valence-corrected chi connectivity index (χ2v) is 5.69. The first-order chi connectivity index (χ1) is 9.17. The van der Waals surface area contributed by atoms with E-state index in [1.165, 1.54) is 11.6 Å². The van der Waals surface area contributed by atoms with Gasteiger partial charge in [0.05, 0.1) is 0 Å².